The summed E-state index contributed by atoms with van der Waals surface area (Å²) in [4.78, 5) is 37.9. The van der Waals surface area contributed by atoms with E-state index in [4.69, 9.17) is 22.9 Å². The summed E-state index contributed by atoms with van der Waals surface area (Å²) >= 11 is 0. The molecule has 0 fully saturated rings. The smallest absolute Gasteiger partial charge is 0.0484 e. The summed E-state index contributed by atoms with van der Waals surface area (Å²) in [5, 5.41) is 0. The van der Waals surface area contributed by atoms with Crippen molar-refractivity contribution in [2.75, 3.05) is 0 Å². The van der Waals surface area contributed by atoms with Gasteiger partial charge in [0.25, 0.3) is 0 Å². The summed E-state index contributed by atoms with van der Waals surface area (Å²) in [6.07, 6.45) is 1.33. The molecule has 0 rings (SSSR count). The number of rotatable bonds is 4. The van der Waals surface area contributed by atoms with Crippen molar-refractivity contribution in [1.29, 1.82) is 0 Å². The quantitative estimate of drug-likeness (QED) is 0.610. The van der Waals surface area contributed by atoms with E-state index in [9.17, 15) is 19.2 Å². The maximum Gasteiger partial charge on any atom is 0.0484 e. The van der Waals surface area contributed by atoms with Gasteiger partial charge in [-0.1, -0.05) is 27.7 Å². The van der Waals surface area contributed by atoms with E-state index in [0.29, 0.717) is 25.7 Å². The van der Waals surface area contributed by atoms with Gasteiger partial charge in [0.1, 0.15) is 0 Å². The molecule has 4 amide bonds. The van der Waals surface area contributed by atoms with Crippen LogP contribution in [0, 0.1) is 0 Å². The summed E-state index contributed by atoms with van der Waals surface area (Å²) in [7, 11) is 0. The summed E-state index contributed by atoms with van der Waals surface area (Å²) in [5.41, 5.74) is 24.8. The second-order valence-corrected chi connectivity index (χ2v) is 3.11. The fourth-order valence-corrected chi connectivity index (χ4v) is 0. The van der Waals surface area contributed by atoms with Crippen molar-refractivity contribution in [3.8, 4) is 0 Å². The molecule has 9 heteroatoms. The molecule has 4 N–H and O–H groups in total. The van der Waals surface area contributed by atoms with E-state index in [1.165, 1.54) is 0 Å². The van der Waals surface area contributed by atoms with E-state index in [1.807, 2.05) is 0 Å². The molecular weight excluding hydrogens is 445 g/mol. The summed E-state index contributed by atoms with van der Waals surface area (Å²) in [6, 6.07) is 0. The van der Waals surface area contributed by atoms with Crippen LogP contribution < -0.4 is 0 Å². The van der Waals surface area contributed by atoms with Crippen molar-refractivity contribution < 1.29 is 41.6 Å². The zero-order valence-electron chi connectivity index (χ0n) is 12.9. The number of nitrogens with one attached hydrogen (secondary N) is 4. The van der Waals surface area contributed by atoms with Crippen LogP contribution >= 0.6 is 0 Å². The van der Waals surface area contributed by atoms with Crippen LogP contribution in [0.25, 0.3) is 22.9 Å². The summed E-state index contributed by atoms with van der Waals surface area (Å²) in [6.45, 7) is 6.65. The minimum Gasteiger partial charge on any atom is -0.668 e. The van der Waals surface area contributed by atoms with Crippen molar-refractivity contribution in [1.82, 2.24) is 0 Å². The molecule has 0 heterocycles. The summed E-state index contributed by atoms with van der Waals surface area (Å²) in [5.74, 6) is -1.98. The Balaban J connectivity index is -0.0000000533. The van der Waals surface area contributed by atoms with Crippen LogP contribution in [0.15, 0.2) is 0 Å². The normalized spacial score (nSPS) is 7.05. The molecule has 0 unspecified atom stereocenters. The molecule has 0 saturated heterocycles. The third kappa shape index (κ3) is 117. The van der Waals surface area contributed by atoms with Crippen molar-refractivity contribution in [3.63, 3.8) is 0 Å². The van der Waals surface area contributed by atoms with Crippen molar-refractivity contribution in [2.45, 2.75) is 53.4 Å². The van der Waals surface area contributed by atoms with E-state index < -0.39 is 23.6 Å². The van der Waals surface area contributed by atoms with Crippen LogP contribution in [0.2, 0.25) is 0 Å². The molecule has 0 aliphatic rings. The van der Waals surface area contributed by atoms with Gasteiger partial charge in [0, 0.05) is 46.0 Å². The van der Waals surface area contributed by atoms with Crippen LogP contribution in [0.1, 0.15) is 53.4 Å². The van der Waals surface area contributed by atoms with Crippen LogP contribution in [0.3, 0.4) is 0 Å². The maximum absolute atomic E-state index is 9.48. The van der Waals surface area contributed by atoms with E-state index in [1.54, 1.807) is 27.7 Å². The number of amides is 4. The minimum absolute atomic E-state index is 0. The molecular formula is C12H24N4O4Ta-4. The molecule has 0 bridgehead atoms. The fourth-order valence-electron chi connectivity index (χ4n) is 0. The third-order valence-electron chi connectivity index (χ3n) is 1.28. The predicted octanol–water partition coefficient (Wildman–Crippen LogP) is 3.90. The topological polar surface area (TPSA) is 163 Å². The zero-order chi connectivity index (χ0) is 17.1. The maximum atomic E-state index is 9.48. The second-order valence-electron chi connectivity index (χ2n) is 3.11. The molecule has 0 aromatic carbocycles. The second kappa shape index (κ2) is 27.0. The Hall–Kier alpha value is -1.38. The van der Waals surface area contributed by atoms with Gasteiger partial charge in [-0.25, -0.2) is 0 Å². The van der Waals surface area contributed by atoms with Crippen LogP contribution in [-0.4, -0.2) is 23.6 Å². The van der Waals surface area contributed by atoms with Gasteiger partial charge in [0.05, 0.1) is 0 Å². The van der Waals surface area contributed by atoms with E-state index in [0.717, 1.165) is 0 Å². The zero-order valence-corrected chi connectivity index (χ0v) is 16.1. The molecule has 1 radical (unpaired) electrons. The molecule has 0 aliphatic heterocycles. The molecule has 8 nitrogen and oxygen atoms in total. The first-order chi connectivity index (χ1) is 9.08. The Kier molecular flexibility index (Phi) is 41.0. The summed E-state index contributed by atoms with van der Waals surface area (Å²) < 4.78 is 0. The molecule has 125 valence electrons. The first-order valence-electron chi connectivity index (χ1n) is 6.06. The number of hydrogen-bond donors (Lipinski definition) is 0. The molecule has 0 aromatic heterocycles. The first kappa shape index (κ1) is 31.8. The fraction of sp³-hybridized carbons (Fsp3) is 0.667. The molecule has 0 aliphatic carbocycles. The standard InChI is InChI=1S/4C3H7NO.Ta/c4*1-2-3(4)5;/h4*2H2,1H3,(H2,4,5);/p-4. The Morgan fingerprint density at radius 3 is 0.571 bits per heavy atom. The molecule has 0 aromatic rings. The van der Waals surface area contributed by atoms with E-state index in [-0.39, 0.29) is 22.4 Å². The first-order valence-corrected chi connectivity index (χ1v) is 6.06. The molecule has 0 atom stereocenters. The van der Waals surface area contributed by atoms with Gasteiger partial charge in [0.2, 0.25) is 0 Å². The van der Waals surface area contributed by atoms with Gasteiger partial charge >= 0.3 is 0 Å². The van der Waals surface area contributed by atoms with Crippen molar-refractivity contribution in [2.24, 2.45) is 0 Å². The minimum atomic E-state index is -0.495. The molecule has 21 heavy (non-hydrogen) atoms. The van der Waals surface area contributed by atoms with Gasteiger partial charge in [-0.2, -0.15) is 0 Å². The molecule has 0 saturated carbocycles. The van der Waals surface area contributed by atoms with Gasteiger partial charge in [-0.15, -0.1) is 0 Å². The predicted molar refractivity (Wildman–Crippen MR) is 78.5 cm³/mol. The van der Waals surface area contributed by atoms with Crippen molar-refractivity contribution >= 4 is 23.6 Å². The van der Waals surface area contributed by atoms with Crippen LogP contribution in [-0.2, 0) is 41.6 Å². The average Bonchev–Trinajstić information content (AvgIpc) is 2.40. The van der Waals surface area contributed by atoms with E-state index >= 15 is 0 Å². The Labute approximate surface area is 141 Å². The van der Waals surface area contributed by atoms with Gasteiger partial charge in [-0.3, -0.25) is 0 Å². The Morgan fingerprint density at radius 2 is 0.571 bits per heavy atom. The van der Waals surface area contributed by atoms with Crippen LogP contribution in [0.5, 0.6) is 0 Å². The number of hydrogen-bond acceptors (Lipinski definition) is 4. The number of carbonyl (C=O) groups excluding carboxylic acids is 4. The van der Waals surface area contributed by atoms with Gasteiger partial charge in [-0.05, 0) is 25.7 Å². The van der Waals surface area contributed by atoms with Gasteiger partial charge in [0.15, 0.2) is 0 Å². The van der Waals surface area contributed by atoms with Gasteiger partial charge < -0.3 is 42.1 Å². The SMILES string of the molecule is CCC([NH-])=O.CCC([NH-])=O.CCC([NH-])=O.CCC([NH-])=O.[Ta]. The third-order valence-corrected chi connectivity index (χ3v) is 1.28. The number of carbonyl (C=O) groups is 4. The van der Waals surface area contributed by atoms with Crippen LogP contribution in [0.4, 0.5) is 0 Å². The Bertz CT molecular complexity index is 230. The Morgan fingerprint density at radius 1 is 0.524 bits per heavy atom. The van der Waals surface area contributed by atoms with E-state index in [2.05, 4.69) is 0 Å². The molecule has 0 spiro atoms. The van der Waals surface area contributed by atoms with Crippen molar-refractivity contribution in [3.05, 3.63) is 22.9 Å². The largest absolute Gasteiger partial charge is 0.668 e. The monoisotopic (exact) mass is 469 g/mol. The average molecular weight is 469 g/mol.